The molecule has 1 aliphatic rings. The van der Waals surface area contributed by atoms with Gasteiger partial charge in [-0.15, -0.1) is 0 Å². The third-order valence-electron chi connectivity index (χ3n) is 4.84. The van der Waals surface area contributed by atoms with Crippen LogP contribution in [0.1, 0.15) is 73.1 Å². The number of ether oxygens (including phenoxy) is 1. The van der Waals surface area contributed by atoms with Crippen molar-refractivity contribution in [3.63, 3.8) is 0 Å². The van der Waals surface area contributed by atoms with Crippen LogP contribution in [-0.2, 0) is 4.74 Å². The number of hydrogen-bond acceptors (Lipinski definition) is 2. The standard InChI is InChI=1S/C16H33NO/c1-6-9-10-11-13(4)17-14-12-15(18-8-3)16(14,5)7-2/h13-15,17H,6-12H2,1-5H3. The molecule has 1 rings (SSSR count). The molecule has 0 amide bonds. The lowest BCUT2D eigenvalue weighted by atomic mass is 9.61. The maximum atomic E-state index is 5.85. The van der Waals surface area contributed by atoms with Crippen molar-refractivity contribution >= 4 is 0 Å². The van der Waals surface area contributed by atoms with Crippen LogP contribution in [0.2, 0.25) is 0 Å². The van der Waals surface area contributed by atoms with Crippen molar-refractivity contribution in [1.82, 2.24) is 5.32 Å². The minimum Gasteiger partial charge on any atom is -0.378 e. The zero-order chi connectivity index (χ0) is 13.6. The Balaban J connectivity index is 2.34. The quantitative estimate of drug-likeness (QED) is 0.625. The molecule has 2 heteroatoms. The number of hydrogen-bond donors (Lipinski definition) is 1. The van der Waals surface area contributed by atoms with Crippen molar-refractivity contribution in [2.75, 3.05) is 6.61 Å². The number of nitrogens with one attached hydrogen (secondary N) is 1. The van der Waals surface area contributed by atoms with Gasteiger partial charge in [0.2, 0.25) is 0 Å². The molecular formula is C16H33NO. The summed E-state index contributed by atoms with van der Waals surface area (Å²) in [5, 5.41) is 3.83. The molecule has 0 heterocycles. The summed E-state index contributed by atoms with van der Waals surface area (Å²) in [5.74, 6) is 0. The van der Waals surface area contributed by atoms with E-state index in [0.29, 0.717) is 23.6 Å². The SMILES string of the molecule is CCCCCC(C)NC1CC(OCC)C1(C)CC. The van der Waals surface area contributed by atoms with E-state index < -0.39 is 0 Å². The second-order valence-electron chi connectivity index (χ2n) is 6.16. The fourth-order valence-electron chi connectivity index (χ4n) is 3.14. The molecule has 0 aromatic heterocycles. The summed E-state index contributed by atoms with van der Waals surface area (Å²) in [6, 6.07) is 1.30. The first-order valence-corrected chi connectivity index (χ1v) is 7.96. The Morgan fingerprint density at radius 2 is 2.00 bits per heavy atom. The lowest BCUT2D eigenvalue weighted by Gasteiger charge is -2.54. The van der Waals surface area contributed by atoms with E-state index in [1.165, 1.54) is 38.5 Å². The maximum absolute atomic E-state index is 5.85. The molecule has 0 aromatic carbocycles. The normalized spacial score (nSPS) is 33.2. The van der Waals surface area contributed by atoms with Crippen molar-refractivity contribution in [1.29, 1.82) is 0 Å². The van der Waals surface area contributed by atoms with Gasteiger partial charge in [-0.25, -0.2) is 0 Å². The van der Waals surface area contributed by atoms with Crippen LogP contribution in [0, 0.1) is 5.41 Å². The zero-order valence-electron chi connectivity index (χ0n) is 13.1. The van der Waals surface area contributed by atoms with Crippen molar-refractivity contribution in [2.24, 2.45) is 5.41 Å². The van der Waals surface area contributed by atoms with Crippen molar-refractivity contribution in [3.05, 3.63) is 0 Å². The Morgan fingerprint density at radius 1 is 1.28 bits per heavy atom. The molecule has 108 valence electrons. The van der Waals surface area contributed by atoms with Crippen LogP contribution >= 0.6 is 0 Å². The van der Waals surface area contributed by atoms with Crippen LogP contribution in [0.4, 0.5) is 0 Å². The highest BCUT2D eigenvalue weighted by atomic mass is 16.5. The third kappa shape index (κ3) is 3.71. The Kier molecular flexibility index (Phi) is 6.65. The second-order valence-corrected chi connectivity index (χ2v) is 6.16. The van der Waals surface area contributed by atoms with Gasteiger partial charge in [0.25, 0.3) is 0 Å². The molecule has 0 aliphatic heterocycles. The summed E-state index contributed by atoms with van der Waals surface area (Å²) in [7, 11) is 0. The van der Waals surface area contributed by atoms with E-state index in [2.05, 4.69) is 39.9 Å². The van der Waals surface area contributed by atoms with Crippen LogP contribution in [0.3, 0.4) is 0 Å². The predicted molar refractivity (Wildman–Crippen MR) is 79.0 cm³/mol. The highest BCUT2D eigenvalue weighted by molar-refractivity contribution is 5.05. The molecule has 0 radical (unpaired) electrons. The molecular weight excluding hydrogens is 222 g/mol. The zero-order valence-corrected chi connectivity index (χ0v) is 13.1. The average molecular weight is 255 g/mol. The molecule has 4 unspecified atom stereocenters. The van der Waals surface area contributed by atoms with E-state index >= 15 is 0 Å². The van der Waals surface area contributed by atoms with Gasteiger partial charge in [0.05, 0.1) is 6.10 Å². The molecule has 2 nitrogen and oxygen atoms in total. The van der Waals surface area contributed by atoms with Crippen LogP contribution in [-0.4, -0.2) is 24.8 Å². The van der Waals surface area contributed by atoms with E-state index in [0.717, 1.165) is 6.61 Å². The fourth-order valence-corrected chi connectivity index (χ4v) is 3.14. The van der Waals surface area contributed by atoms with Crippen molar-refractivity contribution in [3.8, 4) is 0 Å². The Labute approximate surface area is 114 Å². The van der Waals surface area contributed by atoms with Crippen molar-refractivity contribution in [2.45, 2.75) is 91.3 Å². The summed E-state index contributed by atoms with van der Waals surface area (Å²) in [5.41, 5.74) is 0.342. The molecule has 1 aliphatic carbocycles. The van der Waals surface area contributed by atoms with Gasteiger partial charge in [-0.3, -0.25) is 0 Å². The molecule has 0 saturated heterocycles. The minimum absolute atomic E-state index is 0.342. The van der Waals surface area contributed by atoms with E-state index in [-0.39, 0.29) is 0 Å². The lowest BCUT2D eigenvalue weighted by molar-refractivity contribution is -0.127. The van der Waals surface area contributed by atoms with Crippen LogP contribution in [0.5, 0.6) is 0 Å². The first-order valence-electron chi connectivity index (χ1n) is 7.96. The van der Waals surface area contributed by atoms with E-state index in [1.807, 2.05) is 0 Å². The van der Waals surface area contributed by atoms with Crippen LogP contribution in [0.15, 0.2) is 0 Å². The summed E-state index contributed by atoms with van der Waals surface area (Å²) in [6.07, 6.45) is 8.21. The van der Waals surface area contributed by atoms with Gasteiger partial charge in [-0.2, -0.15) is 0 Å². The fraction of sp³-hybridized carbons (Fsp3) is 1.00. The number of rotatable bonds is 9. The Bertz CT molecular complexity index is 231. The first kappa shape index (κ1) is 16.0. The lowest BCUT2D eigenvalue weighted by Crippen LogP contribution is -2.63. The summed E-state index contributed by atoms with van der Waals surface area (Å²) >= 11 is 0. The van der Waals surface area contributed by atoms with Crippen LogP contribution in [0.25, 0.3) is 0 Å². The molecule has 4 atom stereocenters. The molecule has 0 aromatic rings. The minimum atomic E-state index is 0.342. The van der Waals surface area contributed by atoms with Gasteiger partial charge in [0, 0.05) is 24.1 Å². The summed E-state index contributed by atoms with van der Waals surface area (Å²) in [6.45, 7) is 12.2. The van der Waals surface area contributed by atoms with Crippen LogP contribution < -0.4 is 5.32 Å². The summed E-state index contributed by atoms with van der Waals surface area (Å²) < 4.78 is 5.85. The summed E-state index contributed by atoms with van der Waals surface area (Å²) in [4.78, 5) is 0. The second kappa shape index (κ2) is 7.49. The molecule has 1 N–H and O–H groups in total. The van der Waals surface area contributed by atoms with E-state index in [1.54, 1.807) is 0 Å². The smallest absolute Gasteiger partial charge is 0.0658 e. The van der Waals surface area contributed by atoms with Gasteiger partial charge >= 0.3 is 0 Å². The van der Waals surface area contributed by atoms with E-state index in [4.69, 9.17) is 4.74 Å². The third-order valence-corrected chi connectivity index (χ3v) is 4.84. The Hall–Kier alpha value is -0.0800. The predicted octanol–water partition coefficient (Wildman–Crippen LogP) is 4.14. The average Bonchev–Trinajstić information content (AvgIpc) is 2.37. The molecule has 1 saturated carbocycles. The molecule has 1 fully saturated rings. The largest absolute Gasteiger partial charge is 0.378 e. The highest BCUT2D eigenvalue weighted by Gasteiger charge is 2.51. The van der Waals surface area contributed by atoms with Gasteiger partial charge in [0.15, 0.2) is 0 Å². The molecule has 18 heavy (non-hydrogen) atoms. The Morgan fingerprint density at radius 3 is 2.56 bits per heavy atom. The molecule has 0 spiro atoms. The first-order chi connectivity index (χ1) is 8.58. The highest BCUT2D eigenvalue weighted by Crippen LogP contribution is 2.46. The van der Waals surface area contributed by atoms with Gasteiger partial charge < -0.3 is 10.1 Å². The van der Waals surface area contributed by atoms with Gasteiger partial charge in [-0.1, -0.05) is 40.0 Å². The monoisotopic (exact) mass is 255 g/mol. The van der Waals surface area contributed by atoms with E-state index in [9.17, 15) is 0 Å². The van der Waals surface area contributed by atoms with Gasteiger partial charge in [0.1, 0.15) is 0 Å². The maximum Gasteiger partial charge on any atom is 0.0658 e. The van der Waals surface area contributed by atoms with Gasteiger partial charge in [-0.05, 0) is 33.1 Å². The topological polar surface area (TPSA) is 21.3 Å². The molecule has 0 bridgehead atoms. The number of unbranched alkanes of at least 4 members (excludes halogenated alkanes) is 2. The van der Waals surface area contributed by atoms with Crippen molar-refractivity contribution < 1.29 is 4.74 Å².